The number of halogens is 1. The summed E-state index contributed by atoms with van der Waals surface area (Å²) in [6, 6.07) is 8.44. The lowest BCUT2D eigenvalue weighted by molar-refractivity contribution is -0.143. The molecule has 0 heterocycles. The first kappa shape index (κ1) is 16.1. The molecule has 1 aromatic carbocycles. The second-order valence-corrected chi connectivity index (χ2v) is 5.94. The third kappa shape index (κ3) is 4.89. The highest BCUT2D eigenvalue weighted by Crippen LogP contribution is 2.30. The number of benzene rings is 1. The van der Waals surface area contributed by atoms with E-state index in [1.54, 1.807) is 0 Å². The molecule has 0 saturated heterocycles. The first-order valence-corrected chi connectivity index (χ1v) is 8.23. The second kappa shape index (κ2) is 8.23. The molecule has 114 valence electrons. The Morgan fingerprint density at radius 3 is 2.67 bits per heavy atom. The van der Waals surface area contributed by atoms with Gasteiger partial charge in [0.2, 0.25) is 0 Å². The van der Waals surface area contributed by atoms with E-state index in [4.69, 9.17) is 16.3 Å². The number of alkyl halides is 1. The molecular formula is C18H23ClO2. The zero-order chi connectivity index (χ0) is 15.1. The Kier molecular flexibility index (Phi) is 6.31. The quantitative estimate of drug-likeness (QED) is 0.529. The van der Waals surface area contributed by atoms with Crippen LogP contribution in [0, 0.1) is 0 Å². The van der Waals surface area contributed by atoms with Crippen LogP contribution in [0.15, 0.2) is 30.3 Å². The van der Waals surface area contributed by atoms with Crippen molar-refractivity contribution in [3.05, 3.63) is 41.5 Å². The van der Waals surface area contributed by atoms with Gasteiger partial charge in [-0.05, 0) is 55.7 Å². The molecule has 0 aliphatic heterocycles. The van der Waals surface area contributed by atoms with Gasteiger partial charge in [0, 0.05) is 6.42 Å². The minimum absolute atomic E-state index is 0.135. The van der Waals surface area contributed by atoms with Crippen molar-refractivity contribution < 1.29 is 9.53 Å². The van der Waals surface area contributed by atoms with Gasteiger partial charge in [-0.1, -0.05) is 30.3 Å². The average molecular weight is 307 g/mol. The Hall–Kier alpha value is -1.28. The molecule has 0 N–H and O–H groups in total. The molecule has 1 aromatic rings. The monoisotopic (exact) mass is 306 g/mol. The van der Waals surface area contributed by atoms with Crippen molar-refractivity contribution >= 4 is 23.1 Å². The van der Waals surface area contributed by atoms with Gasteiger partial charge in [-0.25, -0.2) is 0 Å². The van der Waals surface area contributed by atoms with E-state index in [-0.39, 0.29) is 11.3 Å². The van der Waals surface area contributed by atoms with Gasteiger partial charge in [-0.3, -0.25) is 4.79 Å². The molecule has 2 nitrogen and oxygen atoms in total. The molecule has 1 aliphatic carbocycles. The van der Waals surface area contributed by atoms with Crippen molar-refractivity contribution in [3.63, 3.8) is 0 Å². The molecule has 21 heavy (non-hydrogen) atoms. The van der Waals surface area contributed by atoms with Crippen LogP contribution in [-0.2, 0) is 9.53 Å². The Bertz CT molecular complexity index is 490. The molecule has 0 aromatic heterocycles. The lowest BCUT2D eigenvalue weighted by Gasteiger charge is -2.14. The minimum atomic E-state index is -0.174. The highest BCUT2D eigenvalue weighted by atomic mass is 35.5. The van der Waals surface area contributed by atoms with Crippen molar-refractivity contribution in [3.8, 4) is 0 Å². The fraction of sp³-hybridized carbons (Fsp3) is 0.500. The Morgan fingerprint density at radius 1 is 1.29 bits per heavy atom. The summed E-state index contributed by atoms with van der Waals surface area (Å²) in [5.74, 6) is -0.174. The van der Waals surface area contributed by atoms with Crippen molar-refractivity contribution in [2.75, 3.05) is 6.61 Å². The SMILES string of the molecule is CCOC(=O)CCC(Cl)c1ccc(C2=CCCCC2)cc1. The molecule has 0 spiro atoms. The fourth-order valence-corrected chi connectivity index (χ4v) is 2.91. The highest BCUT2D eigenvalue weighted by Gasteiger charge is 2.12. The molecule has 0 radical (unpaired) electrons. The van der Waals surface area contributed by atoms with Gasteiger partial charge in [0.1, 0.15) is 0 Å². The van der Waals surface area contributed by atoms with E-state index in [1.807, 2.05) is 6.92 Å². The summed E-state index contributed by atoms with van der Waals surface area (Å²) in [5, 5.41) is -0.135. The standard InChI is InChI=1S/C18H23ClO2/c1-2-21-18(20)13-12-17(19)16-10-8-15(9-11-16)14-6-4-3-5-7-14/h6,8-11,17H,2-5,7,12-13H2,1H3. The lowest BCUT2D eigenvalue weighted by atomic mass is 9.93. The molecular weight excluding hydrogens is 284 g/mol. The molecule has 1 atom stereocenters. The van der Waals surface area contributed by atoms with Gasteiger partial charge in [0.15, 0.2) is 0 Å². The Labute approximate surface area is 132 Å². The summed E-state index contributed by atoms with van der Waals surface area (Å²) in [6.07, 6.45) is 8.28. The number of esters is 1. The van der Waals surface area contributed by atoms with Crippen LogP contribution in [0.25, 0.3) is 5.57 Å². The van der Waals surface area contributed by atoms with Crippen LogP contribution in [0.2, 0.25) is 0 Å². The van der Waals surface area contributed by atoms with Crippen LogP contribution in [0.3, 0.4) is 0 Å². The molecule has 3 heteroatoms. The number of carbonyl (C=O) groups excluding carboxylic acids is 1. The largest absolute Gasteiger partial charge is 0.466 e. The maximum Gasteiger partial charge on any atom is 0.305 e. The predicted octanol–water partition coefficient (Wildman–Crippen LogP) is 5.27. The average Bonchev–Trinajstić information content (AvgIpc) is 2.54. The summed E-state index contributed by atoms with van der Waals surface area (Å²) in [5.41, 5.74) is 3.82. The number of rotatable bonds is 6. The van der Waals surface area contributed by atoms with Gasteiger partial charge in [-0.15, -0.1) is 11.6 Å². The van der Waals surface area contributed by atoms with Crippen molar-refractivity contribution in [1.29, 1.82) is 0 Å². The van der Waals surface area contributed by atoms with Crippen molar-refractivity contribution in [1.82, 2.24) is 0 Å². The summed E-state index contributed by atoms with van der Waals surface area (Å²) in [7, 11) is 0. The van der Waals surface area contributed by atoms with Crippen molar-refractivity contribution in [2.45, 2.75) is 50.8 Å². The van der Waals surface area contributed by atoms with E-state index >= 15 is 0 Å². The van der Waals surface area contributed by atoms with E-state index in [9.17, 15) is 4.79 Å². The number of carbonyl (C=O) groups is 1. The van der Waals surface area contributed by atoms with E-state index in [2.05, 4.69) is 30.3 Å². The van der Waals surface area contributed by atoms with Gasteiger partial charge >= 0.3 is 5.97 Å². The maximum atomic E-state index is 11.4. The smallest absolute Gasteiger partial charge is 0.305 e. The van der Waals surface area contributed by atoms with Gasteiger partial charge in [-0.2, -0.15) is 0 Å². The molecule has 1 unspecified atom stereocenters. The topological polar surface area (TPSA) is 26.3 Å². The summed E-state index contributed by atoms with van der Waals surface area (Å²) in [4.78, 5) is 11.4. The van der Waals surface area contributed by atoms with Crippen molar-refractivity contribution in [2.24, 2.45) is 0 Å². The normalized spacial score (nSPS) is 16.2. The number of ether oxygens (including phenoxy) is 1. The lowest BCUT2D eigenvalue weighted by Crippen LogP contribution is -2.05. The fourth-order valence-electron chi connectivity index (χ4n) is 2.65. The van der Waals surface area contributed by atoms with Crippen LogP contribution < -0.4 is 0 Å². The first-order chi connectivity index (χ1) is 10.2. The summed E-state index contributed by atoms with van der Waals surface area (Å²) in [6.45, 7) is 2.24. The molecule has 0 amide bonds. The van der Waals surface area contributed by atoms with Gasteiger partial charge in [0.25, 0.3) is 0 Å². The molecule has 0 bridgehead atoms. The number of hydrogen-bond acceptors (Lipinski definition) is 2. The summed E-state index contributed by atoms with van der Waals surface area (Å²) >= 11 is 6.37. The van der Waals surface area contributed by atoms with Gasteiger partial charge in [0.05, 0.1) is 12.0 Å². The molecule has 2 rings (SSSR count). The van der Waals surface area contributed by atoms with E-state index in [1.165, 1.54) is 36.8 Å². The number of allylic oxidation sites excluding steroid dienone is 2. The van der Waals surface area contributed by atoms with E-state index in [0.717, 1.165) is 5.56 Å². The second-order valence-electron chi connectivity index (χ2n) is 5.41. The highest BCUT2D eigenvalue weighted by molar-refractivity contribution is 6.20. The maximum absolute atomic E-state index is 11.4. The first-order valence-electron chi connectivity index (χ1n) is 7.79. The van der Waals surface area contributed by atoms with Crippen LogP contribution in [-0.4, -0.2) is 12.6 Å². The zero-order valence-corrected chi connectivity index (χ0v) is 13.4. The zero-order valence-electron chi connectivity index (χ0n) is 12.6. The predicted molar refractivity (Wildman–Crippen MR) is 87.3 cm³/mol. The summed E-state index contributed by atoms with van der Waals surface area (Å²) < 4.78 is 4.92. The van der Waals surface area contributed by atoms with Crippen LogP contribution in [0.4, 0.5) is 0 Å². The van der Waals surface area contributed by atoms with E-state index in [0.29, 0.717) is 19.4 Å². The molecule has 0 fully saturated rings. The minimum Gasteiger partial charge on any atom is -0.466 e. The van der Waals surface area contributed by atoms with Crippen LogP contribution >= 0.6 is 11.6 Å². The third-order valence-electron chi connectivity index (χ3n) is 3.84. The molecule has 1 aliphatic rings. The van der Waals surface area contributed by atoms with E-state index < -0.39 is 0 Å². The number of hydrogen-bond donors (Lipinski definition) is 0. The third-order valence-corrected chi connectivity index (χ3v) is 4.31. The van der Waals surface area contributed by atoms with Crippen LogP contribution in [0.1, 0.15) is 62.0 Å². The Balaban J connectivity index is 1.92. The molecule has 0 saturated carbocycles. The van der Waals surface area contributed by atoms with Crippen LogP contribution in [0.5, 0.6) is 0 Å². The van der Waals surface area contributed by atoms with Gasteiger partial charge < -0.3 is 4.74 Å². The Morgan fingerprint density at radius 2 is 2.05 bits per heavy atom.